The molecule has 98 valence electrons. The number of hydrogen-bond acceptors (Lipinski definition) is 3. The summed E-state index contributed by atoms with van der Waals surface area (Å²) in [5.41, 5.74) is 0.609. The fraction of sp³-hybridized carbons (Fsp3) is 0.467. The molecule has 3 nitrogen and oxygen atoms in total. The molecule has 0 aromatic heterocycles. The predicted octanol–water partition coefficient (Wildman–Crippen LogP) is 3.27. The van der Waals surface area contributed by atoms with Crippen molar-refractivity contribution in [2.75, 3.05) is 6.61 Å². The van der Waals surface area contributed by atoms with Gasteiger partial charge in [0, 0.05) is 17.9 Å². The van der Waals surface area contributed by atoms with Crippen LogP contribution in [0.3, 0.4) is 0 Å². The molecule has 1 unspecified atom stereocenters. The Bertz CT molecular complexity index is 424. The monoisotopic (exact) mass is 248 g/mol. The molecular weight excluding hydrogens is 228 g/mol. The number of rotatable bonds is 7. The highest BCUT2D eigenvalue weighted by Gasteiger charge is 2.17. The number of ketones is 2. The van der Waals surface area contributed by atoms with E-state index in [0.29, 0.717) is 24.3 Å². The Hall–Kier alpha value is -1.64. The van der Waals surface area contributed by atoms with Gasteiger partial charge in [-0.3, -0.25) is 4.79 Å². The van der Waals surface area contributed by atoms with Gasteiger partial charge in [-0.2, -0.15) is 0 Å². The van der Waals surface area contributed by atoms with E-state index in [4.69, 9.17) is 4.74 Å². The molecule has 0 amide bonds. The molecule has 0 fully saturated rings. The van der Waals surface area contributed by atoms with Crippen LogP contribution in [0.5, 0.6) is 5.75 Å². The van der Waals surface area contributed by atoms with Crippen LogP contribution in [0.2, 0.25) is 0 Å². The normalized spacial score (nSPS) is 11.9. The maximum absolute atomic E-state index is 12.1. The van der Waals surface area contributed by atoms with Crippen molar-refractivity contribution in [2.45, 2.75) is 33.6 Å². The minimum atomic E-state index is -0.274. The van der Waals surface area contributed by atoms with Gasteiger partial charge in [0.05, 0.1) is 6.61 Å². The van der Waals surface area contributed by atoms with Crippen LogP contribution in [0.15, 0.2) is 24.3 Å². The van der Waals surface area contributed by atoms with Crippen molar-refractivity contribution >= 4 is 11.6 Å². The molecular formula is C15H20O3. The zero-order chi connectivity index (χ0) is 13.5. The third-order valence-electron chi connectivity index (χ3n) is 2.63. The summed E-state index contributed by atoms with van der Waals surface area (Å²) in [7, 11) is 0. The molecule has 0 heterocycles. The van der Waals surface area contributed by atoms with Crippen molar-refractivity contribution in [3.05, 3.63) is 29.8 Å². The second kappa shape index (κ2) is 6.94. The molecule has 1 atom stereocenters. The zero-order valence-electron chi connectivity index (χ0n) is 11.2. The molecule has 0 saturated carbocycles. The van der Waals surface area contributed by atoms with Crippen molar-refractivity contribution in [3.63, 3.8) is 0 Å². The number of benzene rings is 1. The van der Waals surface area contributed by atoms with Crippen molar-refractivity contribution < 1.29 is 14.3 Å². The summed E-state index contributed by atoms with van der Waals surface area (Å²) in [6, 6.07) is 7.15. The second-order valence-corrected chi connectivity index (χ2v) is 4.55. The van der Waals surface area contributed by atoms with Crippen molar-refractivity contribution in [2.24, 2.45) is 5.92 Å². The average molecular weight is 248 g/mol. The predicted molar refractivity (Wildman–Crippen MR) is 71.0 cm³/mol. The van der Waals surface area contributed by atoms with E-state index in [-0.39, 0.29) is 17.5 Å². The largest absolute Gasteiger partial charge is 0.494 e. The number of ether oxygens (including phenoxy) is 1. The summed E-state index contributed by atoms with van der Waals surface area (Å²) in [5.74, 6) is 0.461. The third kappa shape index (κ3) is 4.32. The van der Waals surface area contributed by atoms with Gasteiger partial charge in [0.15, 0.2) is 5.78 Å². The van der Waals surface area contributed by atoms with Crippen LogP contribution in [0.1, 0.15) is 44.0 Å². The molecule has 0 saturated heterocycles. The van der Waals surface area contributed by atoms with Crippen LogP contribution in [0, 0.1) is 5.92 Å². The average Bonchev–Trinajstić information content (AvgIpc) is 2.35. The first-order valence-corrected chi connectivity index (χ1v) is 6.31. The van der Waals surface area contributed by atoms with Gasteiger partial charge >= 0.3 is 0 Å². The molecule has 0 aliphatic heterocycles. The van der Waals surface area contributed by atoms with E-state index in [0.717, 1.165) is 6.42 Å². The maximum Gasteiger partial charge on any atom is 0.166 e. The fourth-order valence-electron chi connectivity index (χ4n) is 1.77. The molecule has 0 spiro atoms. The summed E-state index contributed by atoms with van der Waals surface area (Å²) in [4.78, 5) is 23.1. The van der Waals surface area contributed by atoms with E-state index in [1.807, 2.05) is 13.0 Å². The maximum atomic E-state index is 12.1. The van der Waals surface area contributed by atoms with Crippen LogP contribution in [0.4, 0.5) is 0 Å². The SMILES string of the molecule is CCCOc1cccc(C(=O)C(C)CC(C)=O)c1. The molecule has 1 aromatic carbocycles. The van der Waals surface area contributed by atoms with Gasteiger partial charge in [-0.1, -0.05) is 26.0 Å². The molecule has 1 aromatic rings. The molecule has 0 N–H and O–H groups in total. The smallest absolute Gasteiger partial charge is 0.166 e. The quantitative estimate of drug-likeness (QED) is 0.695. The summed E-state index contributed by atoms with van der Waals surface area (Å²) in [6.07, 6.45) is 1.22. The lowest BCUT2D eigenvalue weighted by atomic mass is 9.95. The summed E-state index contributed by atoms with van der Waals surface area (Å²) >= 11 is 0. The highest BCUT2D eigenvalue weighted by molar-refractivity contribution is 5.99. The van der Waals surface area contributed by atoms with E-state index in [9.17, 15) is 9.59 Å². The minimum absolute atomic E-state index is 0.00727. The second-order valence-electron chi connectivity index (χ2n) is 4.55. The van der Waals surface area contributed by atoms with Crippen LogP contribution >= 0.6 is 0 Å². The third-order valence-corrected chi connectivity index (χ3v) is 2.63. The Balaban J connectivity index is 2.76. The molecule has 18 heavy (non-hydrogen) atoms. The highest BCUT2D eigenvalue weighted by atomic mass is 16.5. The standard InChI is InChI=1S/C15H20O3/c1-4-8-18-14-7-5-6-13(10-14)15(17)11(2)9-12(3)16/h5-7,10-11H,4,8-9H2,1-3H3. The zero-order valence-corrected chi connectivity index (χ0v) is 11.2. The first-order chi connectivity index (χ1) is 8.54. The molecule has 0 aliphatic carbocycles. The Labute approximate surface area is 108 Å². The summed E-state index contributed by atoms with van der Waals surface area (Å²) in [5, 5.41) is 0. The van der Waals surface area contributed by atoms with E-state index < -0.39 is 0 Å². The van der Waals surface area contributed by atoms with Crippen molar-refractivity contribution in [1.82, 2.24) is 0 Å². The van der Waals surface area contributed by atoms with E-state index >= 15 is 0 Å². The molecule has 0 radical (unpaired) electrons. The lowest BCUT2D eigenvalue weighted by Gasteiger charge is -2.10. The van der Waals surface area contributed by atoms with Crippen LogP contribution < -0.4 is 4.74 Å². The number of Topliss-reactive ketones (excluding diaryl/α,β-unsaturated/α-hetero) is 2. The van der Waals surface area contributed by atoms with Crippen LogP contribution in [-0.4, -0.2) is 18.2 Å². The van der Waals surface area contributed by atoms with Gasteiger partial charge < -0.3 is 9.53 Å². The first kappa shape index (κ1) is 14.4. The van der Waals surface area contributed by atoms with Crippen molar-refractivity contribution in [3.8, 4) is 5.75 Å². The van der Waals surface area contributed by atoms with Gasteiger partial charge in [0.1, 0.15) is 11.5 Å². The number of carbonyl (C=O) groups is 2. The first-order valence-electron chi connectivity index (χ1n) is 6.31. The van der Waals surface area contributed by atoms with E-state index in [1.54, 1.807) is 25.1 Å². The highest BCUT2D eigenvalue weighted by Crippen LogP contribution is 2.18. The Morgan fingerprint density at radius 2 is 2.06 bits per heavy atom. The summed E-state index contributed by atoms with van der Waals surface area (Å²) < 4.78 is 5.49. The van der Waals surface area contributed by atoms with E-state index in [2.05, 4.69) is 0 Å². The Morgan fingerprint density at radius 1 is 1.33 bits per heavy atom. The fourth-order valence-corrected chi connectivity index (χ4v) is 1.77. The minimum Gasteiger partial charge on any atom is -0.494 e. The molecule has 1 rings (SSSR count). The van der Waals surface area contributed by atoms with Gasteiger partial charge in [0.25, 0.3) is 0 Å². The molecule has 3 heteroatoms. The van der Waals surface area contributed by atoms with Crippen LogP contribution in [0.25, 0.3) is 0 Å². The van der Waals surface area contributed by atoms with Gasteiger partial charge in [-0.15, -0.1) is 0 Å². The lowest BCUT2D eigenvalue weighted by molar-refractivity contribution is -0.117. The Kier molecular flexibility index (Phi) is 5.56. The lowest BCUT2D eigenvalue weighted by Crippen LogP contribution is -2.14. The van der Waals surface area contributed by atoms with Gasteiger partial charge in [-0.25, -0.2) is 0 Å². The molecule has 0 bridgehead atoms. The number of carbonyl (C=O) groups excluding carboxylic acids is 2. The van der Waals surface area contributed by atoms with Crippen LogP contribution in [-0.2, 0) is 4.79 Å². The summed E-state index contributed by atoms with van der Waals surface area (Å²) in [6.45, 7) is 5.96. The van der Waals surface area contributed by atoms with Crippen molar-refractivity contribution in [1.29, 1.82) is 0 Å². The number of hydrogen-bond donors (Lipinski definition) is 0. The topological polar surface area (TPSA) is 43.4 Å². The van der Waals surface area contributed by atoms with E-state index in [1.165, 1.54) is 6.92 Å². The molecule has 0 aliphatic rings. The van der Waals surface area contributed by atoms with Gasteiger partial charge in [0.2, 0.25) is 0 Å². The van der Waals surface area contributed by atoms with Gasteiger partial charge in [-0.05, 0) is 25.5 Å². The Morgan fingerprint density at radius 3 is 2.67 bits per heavy atom.